The molecule has 0 aliphatic carbocycles. The number of halogens is 2. The van der Waals surface area contributed by atoms with Crippen LogP contribution in [0, 0.1) is 0 Å². The van der Waals surface area contributed by atoms with Gasteiger partial charge in [0.1, 0.15) is 18.3 Å². The van der Waals surface area contributed by atoms with Gasteiger partial charge in [-0.1, -0.05) is 85.1 Å². The normalized spacial score (nSPS) is 11.8. The predicted molar refractivity (Wildman–Crippen MR) is 183 cm³/mol. The van der Waals surface area contributed by atoms with Gasteiger partial charge in [-0.15, -0.1) is 0 Å². The quantitative estimate of drug-likeness (QED) is 0.140. The zero-order valence-corrected chi connectivity index (χ0v) is 28.1. The molecule has 0 bridgehead atoms. The molecule has 8 nitrogen and oxygen atoms in total. The summed E-state index contributed by atoms with van der Waals surface area (Å²) >= 11 is 12.6. The van der Waals surface area contributed by atoms with Crippen molar-refractivity contribution in [2.75, 3.05) is 24.5 Å². The van der Waals surface area contributed by atoms with Crippen molar-refractivity contribution < 1.29 is 22.7 Å². The Morgan fingerprint density at radius 1 is 0.848 bits per heavy atom. The summed E-state index contributed by atoms with van der Waals surface area (Å²) in [6, 6.07) is 27.6. The third kappa shape index (κ3) is 9.25. The zero-order valence-electron chi connectivity index (χ0n) is 25.7. The Kier molecular flexibility index (Phi) is 12.5. The van der Waals surface area contributed by atoms with Crippen LogP contribution < -0.4 is 14.4 Å². The number of hydrogen-bond acceptors (Lipinski definition) is 5. The van der Waals surface area contributed by atoms with Gasteiger partial charge in [0.25, 0.3) is 10.0 Å². The zero-order chi connectivity index (χ0) is 33.1. The molecule has 0 aromatic heterocycles. The number of hydrogen-bond donors (Lipinski definition) is 1. The summed E-state index contributed by atoms with van der Waals surface area (Å²) in [7, 11) is -2.79. The van der Waals surface area contributed by atoms with E-state index in [4.69, 9.17) is 27.9 Å². The van der Waals surface area contributed by atoms with Gasteiger partial charge in [-0.25, -0.2) is 8.42 Å². The van der Waals surface area contributed by atoms with E-state index in [1.165, 1.54) is 42.3 Å². The van der Waals surface area contributed by atoms with Gasteiger partial charge in [-0.2, -0.15) is 0 Å². The molecule has 11 heteroatoms. The standard InChI is InChI=1S/C35H37Cl2N3O5S/c1-3-4-20-38-35(42)33(22-26-10-6-5-7-11-26)39(24-27-12-8-13-28(36)21-27)34(41)25-40(30-15-9-14-29(37)23-30)46(43,44)32-18-16-31(45-2)17-19-32/h5-19,21,23,33H,3-4,20,22,24-25H2,1-2H3,(H,38,42)/t33-/m1/s1. The molecule has 4 aromatic carbocycles. The number of rotatable bonds is 15. The van der Waals surface area contributed by atoms with Crippen LogP contribution in [0.25, 0.3) is 0 Å². The molecular weight excluding hydrogens is 645 g/mol. The highest BCUT2D eigenvalue weighted by atomic mass is 35.5. The second kappa shape index (κ2) is 16.5. The first-order valence-electron chi connectivity index (χ1n) is 14.9. The van der Waals surface area contributed by atoms with Gasteiger partial charge in [0.05, 0.1) is 17.7 Å². The molecule has 0 heterocycles. The van der Waals surface area contributed by atoms with E-state index in [2.05, 4.69) is 5.32 Å². The summed E-state index contributed by atoms with van der Waals surface area (Å²) < 4.78 is 34.5. The minimum atomic E-state index is -4.28. The van der Waals surface area contributed by atoms with Crippen LogP contribution in [0.5, 0.6) is 5.75 Å². The fourth-order valence-corrected chi connectivity index (χ4v) is 6.73. The van der Waals surface area contributed by atoms with E-state index < -0.39 is 28.5 Å². The van der Waals surface area contributed by atoms with Crippen LogP contribution in [0.2, 0.25) is 10.0 Å². The van der Waals surface area contributed by atoms with Crippen LogP contribution in [0.4, 0.5) is 5.69 Å². The Morgan fingerprint density at radius 3 is 2.13 bits per heavy atom. The number of nitrogens with one attached hydrogen (secondary N) is 1. The molecule has 46 heavy (non-hydrogen) atoms. The maximum atomic E-state index is 14.5. The average Bonchev–Trinajstić information content (AvgIpc) is 3.05. The number of ether oxygens (including phenoxy) is 1. The number of sulfonamides is 1. The second-order valence-corrected chi connectivity index (χ2v) is 13.4. The third-order valence-electron chi connectivity index (χ3n) is 7.37. The lowest BCUT2D eigenvalue weighted by Gasteiger charge is -2.34. The van der Waals surface area contributed by atoms with Crippen molar-refractivity contribution in [3.05, 3.63) is 124 Å². The largest absolute Gasteiger partial charge is 0.497 e. The van der Waals surface area contributed by atoms with Crippen LogP contribution in [0.1, 0.15) is 30.9 Å². The number of unbranched alkanes of at least 4 members (excludes halogenated alkanes) is 1. The highest BCUT2D eigenvalue weighted by molar-refractivity contribution is 7.92. The maximum absolute atomic E-state index is 14.5. The summed E-state index contributed by atoms with van der Waals surface area (Å²) in [6.45, 7) is 1.89. The highest BCUT2D eigenvalue weighted by Crippen LogP contribution is 2.28. The Hall–Kier alpha value is -4.05. The molecule has 0 unspecified atom stereocenters. The molecule has 1 atom stereocenters. The third-order valence-corrected chi connectivity index (χ3v) is 9.62. The summed E-state index contributed by atoms with van der Waals surface area (Å²) in [5.41, 5.74) is 1.73. The molecule has 2 amide bonds. The van der Waals surface area contributed by atoms with E-state index in [0.29, 0.717) is 27.9 Å². The first kappa shape index (κ1) is 34.8. The van der Waals surface area contributed by atoms with Crippen molar-refractivity contribution in [1.82, 2.24) is 10.2 Å². The fraction of sp³-hybridized carbons (Fsp3) is 0.257. The molecule has 4 rings (SSSR count). The molecule has 4 aromatic rings. The second-order valence-electron chi connectivity index (χ2n) is 10.7. The Bertz CT molecular complexity index is 1720. The number of benzene rings is 4. The fourth-order valence-electron chi connectivity index (χ4n) is 4.93. The van der Waals surface area contributed by atoms with Gasteiger partial charge in [0.2, 0.25) is 11.8 Å². The highest BCUT2D eigenvalue weighted by Gasteiger charge is 2.34. The summed E-state index contributed by atoms with van der Waals surface area (Å²) in [5, 5.41) is 3.75. The summed E-state index contributed by atoms with van der Waals surface area (Å²) in [5.74, 6) is -0.432. The smallest absolute Gasteiger partial charge is 0.264 e. The minimum Gasteiger partial charge on any atom is -0.497 e. The van der Waals surface area contributed by atoms with Crippen molar-refractivity contribution in [3.63, 3.8) is 0 Å². The molecule has 0 saturated carbocycles. The lowest BCUT2D eigenvalue weighted by Crippen LogP contribution is -2.53. The number of nitrogens with zero attached hydrogens (tertiary/aromatic N) is 2. The topological polar surface area (TPSA) is 96.0 Å². The molecule has 0 aliphatic heterocycles. The summed E-state index contributed by atoms with van der Waals surface area (Å²) in [4.78, 5) is 29.7. The van der Waals surface area contributed by atoms with Crippen molar-refractivity contribution in [2.45, 2.75) is 43.7 Å². The van der Waals surface area contributed by atoms with Gasteiger partial charge < -0.3 is 15.0 Å². The van der Waals surface area contributed by atoms with Crippen LogP contribution in [-0.2, 0) is 32.6 Å². The number of carbonyl (C=O) groups excluding carboxylic acids is 2. The number of anilines is 1. The van der Waals surface area contributed by atoms with E-state index in [9.17, 15) is 18.0 Å². The minimum absolute atomic E-state index is 0.0179. The van der Waals surface area contributed by atoms with Gasteiger partial charge in [-0.05, 0) is 72.1 Å². The van der Waals surface area contributed by atoms with E-state index in [-0.39, 0.29) is 29.5 Å². The average molecular weight is 683 g/mol. The molecule has 0 spiro atoms. The van der Waals surface area contributed by atoms with E-state index in [1.807, 2.05) is 43.3 Å². The molecule has 242 valence electrons. The van der Waals surface area contributed by atoms with Crippen molar-refractivity contribution >= 4 is 50.7 Å². The first-order chi connectivity index (χ1) is 22.1. The van der Waals surface area contributed by atoms with E-state index in [1.54, 1.807) is 36.4 Å². The van der Waals surface area contributed by atoms with Gasteiger partial charge >= 0.3 is 0 Å². The Balaban J connectivity index is 1.79. The van der Waals surface area contributed by atoms with Crippen molar-refractivity contribution in [3.8, 4) is 5.75 Å². The predicted octanol–water partition coefficient (Wildman–Crippen LogP) is 6.75. The SMILES string of the molecule is CCCCNC(=O)[C@@H](Cc1ccccc1)N(Cc1cccc(Cl)c1)C(=O)CN(c1cccc(Cl)c1)S(=O)(=O)c1ccc(OC)cc1. The van der Waals surface area contributed by atoms with Crippen LogP contribution >= 0.6 is 23.2 Å². The lowest BCUT2D eigenvalue weighted by atomic mass is 10.0. The Labute approximate surface area is 280 Å². The van der Waals surface area contributed by atoms with Crippen LogP contribution in [0.15, 0.2) is 108 Å². The van der Waals surface area contributed by atoms with E-state index in [0.717, 1.165) is 22.7 Å². The molecule has 0 radical (unpaired) electrons. The number of carbonyl (C=O) groups is 2. The lowest BCUT2D eigenvalue weighted by molar-refractivity contribution is -0.140. The van der Waals surface area contributed by atoms with Crippen LogP contribution in [-0.4, -0.2) is 51.4 Å². The molecule has 0 aliphatic rings. The molecule has 1 N–H and O–H groups in total. The monoisotopic (exact) mass is 681 g/mol. The van der Waals surface area contributed by atoms with Gasteiger partial charge in [-0.3, -0.25) is 13.9 Å². The van der Waals surface area contributed by atoms with Gasteiger partial charge in [0.15, 0.2) is 0 Å². The number of amides is 2. The van der Waals surface area contributed by atoms with Gasteiger partial charge in [0, 0.05) is 29.6 Å². The first-order valence-corrected chi connectivity index (χ1v) is 17.1. The maximum Gasteiger partial charge on any atom is 0.264 e. The molecule has 0 saturated heterocycles. The number of methoxy groups -OCH3 is 1. The summed E-state index contributed by atoms with van der Waals surface area (Å²) in [6.07, 6.45) is 1.87. The van der Waals surface area contributed by atoms with Crippen molar-refractivity contribution in [2.24, 2.45) is 0 Å². The van der Waals surface area contributed by atoms with Crippen molar-refractivity contribution in [1.29, 1.82) is 0 Å². The molecule has 0 fully saturated rings. The van der Waals surface area contributed by atoms with Crippen LogP contribution in [0.3, 0.4) is 0 Å². The van der Waals surface area contributed by atoms with E-state index >= 15 is 0 Å². The Morgan fingerprint density at radius 2 is 1.50 bits per heavy atom. The molecular formula is C35H37Cl2N3O5S.